The van der Waals surface area contributed by atoms with Gasteiger partial charge >= 0.3 is 6.03 Å². The van der Waals surface area contributed by atoms with Crippen molar-refractivity contribution in [3.63, 3.8) is 0 Å². The van der Waals surface area contributed by atoms with Crippen LogP contribution in [0.3, 0.4) is 0 Å². The molecule has 0 radical (unpaired) electrons. The number of aromatic nitrogens is 5. The first kappa shape index (κ1) is 19.9. The van der Waals surface area contributed by atoms with Crippen molar-refractivity contribution >= 4 is 22.9 Å². The summed E-state index contributed by atoms with van der Waals surface area (Å²) in [5.41, 5.74) is 3.29. The highest BCUT2D eigenvalue weighted by Crippen LogP contribution is 2.28. The first-order valence-corrected chi connectivity index (χ1v) is 10.3. The second kappa shape index (κ2) is 8.58. The Morgan fingerprint density at radius 1 is 1.09 bits per heavy atom. The number of amides is 2. The maximum absolute atomic E-state index is 13.0. The van der Waals surface area contributed by atoms with E-state index in [-0.39, 0.29) is 12.6 Å². The van der Waals surface area contributed by atoms with Gasteiger partial charge in [0.1, 0.15) is 23.6 Å². The normalized spacial score (nSPS) is 14.0. The number of hydrogen-bond donors (Lipinski definition) is 2. The maximum Gasteiger partial charge on any atom is 0.317 e. The summed E-state index contributed by atoms with van der Waals surface area (Å²) in [6.45, 7) is 2.69. The van der Waals surface area contributed by atoms with Crippen molar-refractivity contribution < 1.29 is 9.18 Å². The summed E-state index contributed by atoms with van der Waals surface area (Å²) in [6.07, 6.45) is 6.24. The Balaban J connectivity index is 1.24. The lowest BCUT2D eigenvalue weighted by Gasteiger charge is -2.35. The molecule has 0 saturated carbocycles. The van der Waals surface area contributed by atoms with Gasteiger partial charge in [-0.2, -0.15) is 0 Å². The first-order valence-electron chi connectivity index (χ1n) is 10.3. The van der Waals surface area contributed by atoms with Crippen molar-refractivity contribution in [3.05, 3.63) is 66.8 Å². The summed E-state index contributed by atoms with van der Waals surface area (Å²) >= 11 is 0. The Hall–Kier alpha value is -4.08. The molecule has 4 aromatic rings. The highest BCUT2D eigenvalue weighted by Gasteiger charge is 2.23. The lowest BCUT2D eigenvalue weighted by Crippen LogP contribution is -2.52. The van der Waals surface area contributed by atoms with Gasteiger partial charge in [0.05, 0.1) is 23.8 Å². The number of nitrogens with one attached hydrogen (secondary N) is 2. The van der Waals surface area contributed by atoms with E-state index >= 15 is 0 Å². The molecule has 32 heavy (non-hydrogen) atoms. The average Bonchev–Trinajstić information content (AvgIpc) is 3.29. The summed E-state index contributed by atoms with van der Waals surface area (Å²) in [5.74, 6) is 0.446. The van der Waals surface area contributed by atoms with Crippen LogP contribution in [0, 0.1) is 5.82 Å². The lowest BCUT2D eigenvalue weighted by molar-refractivity contribution is 0.193. The Morgan fingerprint density at radius 3 is 2.72 bits per heavy atom. The summed E-state index contributed by atoms with van der Waals surface area (Å²) in [4.78, 5) is 36.8. The van der Waals surface area contributed by atoms with Gasteiger partial charge < -0.3 is 20.1 Å². The van der Waals surface area contributed by atoms with Crippen molar-refractivity contribution in [3.8, 4) is 11.3 Å². The number of piperazine rings is 1. The molecule has 0 spiro atoms. The number of urea groups is 1. The van der Waals surface area contributed by atoms with Crippen LogP contribution in [0.25, 0.3) is 22.3 Å². The monoisotopic (exact) mass is 432 g/mol. The molecule has 1 saturated heterocycles. The molecule has 0 atom stereocenters. The van der Waals surface area contributed by atoms with Crippen LogP contribution in [-0.4, -0.2) is 62.0 Å². The van der Waals surface area contributed by atoms with Crippen LogP contribution in [0.4, 0.5) is 15.0 Å². The van der Waals surface area contributed by atoms with E-state index < -0.39 is 5.82 Å². The summed E-state index contributed by atoms with van der Waals surface area (Å²) in [5, 5.41) is 3.78. The number of H-pyrrole nitrogens is 1. The van der Waals surface area contributed by atoms with Crippen molar-refractivity contribution in [1.29, 1.82) is 0 Å². The second-order valence-electron chi connectivity index (χ2n) is 7.48. The van der Waals surface area contributed by atoms with E-state index in [0.29, 0.717) is 31.9 Å². The van der Waals surface area contributed by atoms with Gasteiger partial charge in [-0.1, -0.05) is 0 Å². The smallest absolute Gasteiger partial charge is 0.317 e. The second-order valence-corrected chi connectivity index (χ2v) is 7.48. The number of carbonyl (C=O) groups is 1. The molecule has 0 aliphatic carbocycles. The van der Waals surface area contributed by atoms with E-state index in [1.54, 1.807) is 29.7 Å². The molecular weight excluding hydrogens is 411 g/mol. The Morgan fingerprint density at radius 2 is 1.97 bits per heavy atom. The van der Waals surface area contributed by atoms with Gasteiger partial charge in [-0.15, -0.1) is 0 Å². The van der Waals surface area contributed by atoms with E-state index in [1.807, 2.05) is 18.2 Å². The van der Waals surface area contributed by atoms with E-state index in [4.69, 9.17) is 0 Å². The van der Waals surface area contributed by atoms with Gasteiger partial charge in [0.2, 0.25) is 0 Å². The minimum absolute atomic E-state index is 0.163. The number of fused-ring (bicyclic) bond motifs is 1. The van der Waals surface area contributed by atoms with E-state index in [0.717, 1.165) is 34.3 Å². The van der Waals surface area contributed by atoms with Crippen molar-refractivity contribution in [1.82, 2.24) is 35.1 Å². The van der Waals surface area contributed by atoms with Gasteiger partial charge in [0.25, 0.3) is 0 Å². The molecular formula is C22H21FN8O. The average molecular weight is 432 g/mol. The standard InChI is InChI=1S/C22H21FN8O/c23-16-3-4-17(25-12-16)13-26-22(32)31-8-6-30(7-9-31)21-18-10-19(15-2-1-5-24-11-15)29-20(18)27-14-28-21/h1-5,10-12,14H,6-9,13H2,(H,26,32)(H,27,28,29). The number of anilines is 1. The fourth-order valence-electron chi connectivity index (χ4n) is 3.77. The fraction of sp³-hybridized carbons (Fsp3) is 0.227. The van der Waals surface area contributed by atoms with Crippen LogP contribution in [-0.2, 0) is 6.54 Å². The molecule has 1 aliphatic heterocycles. The van der Waals surface area contributed by atoms with Crippen LogP contribution >= 0.6 is 0 Å². The van der Waals surface area contributed by atoms with Gasteiger partial charge in [0, 0.05) is 49.8 Å². The largest absolute Gasteiger partial charge is 0.352 e. The summed E-state index contributed by atoms with van der Waals surface area (Å²) in [6, 6.07) is 8.65. The zero-order valence-electron chi connectivity index (χ0n) is 17.2. The third kappa shape index (κ3) is 4.07. The van der Waals surface area contributed by atoms with Crippen molar-refractivity contribution in [2.24, 2.45) is 0 Å². The molecule has 5 heterocycles. The third-order valence-electron chi connectivity index (χ3n) is 5.45. The van der Waals surface area contributed by atoms with Crippen LogP contribution in [0.15, 0.2) is 55.2 Å². The molecule has 2 amide bonds. The predicted octanol–water partition coefficient (Wildman–Crippen LogP) is 2.59. The molecule has 162 valence electrons. The Labute approximate surface area is 183 Å². The molecule has 4 aromatic heterocycles. The zero-order valence-corrected chi connectivity index (χ0v) is 17.2. The molecule has 0 unspecified atom stereocenters. The molecule has 10 heteroatoms. The predicted molar refractivity (Wildman–Crippen MR) is 117 cm³/mol. The first-order chi connectivity index (χ1) is 15.7. The van der Waals surface area contributed by atoms with E-state index in [2.05, 4.69) is 35.1 Å². The topological polar surface area (TPSA) is 103 Å². The van der Waals surface area contributed by atoms with Crippen LogP contribution < -0.4 is 10.2 Å². The van der Waals surface area contributed by atoms with Gasteiger partial charge in [-0.3, -0.25) is 9.97 Å². The number of aromatic amines is 1. The maximum atomic E-state index is 13.0. The summed E-state index contributed by atoms with van der Waals surface area (Å²) < 4.78 is 13.0. The van der Waals surface area contributed by atoms with Gasteiger partial charge in [0.15, 0.2) is 0 Å². The number of rotatable bonds is 4. The molecule has 1 aliphatic rings. The minimum atomic E-state index is -0.398. The van der Waals surface area contributed by atoms with Crippen LogP contribution in [0.2, 0.25) is 0 Å². The zero-order chi connectivity index (χ0) is 21.9. The summed E-state index contributed by atoms with van der Waals surface area (Å²) in [7, 11) is 0. The van der Waals surface area contributed by atoms with Gasteiger partial charge in [-0.25, -0.2) is 19.2 Å². The fourth-order valence-corrected chi connectivity index (χ4v) is 3.77. The number of carbonyl (C=O) groups excluding carboxylic acids is 1. The molecule has 9 nitrogen and oxygen atoms in total. The molecule has 5 rings (SSSR count). The number of hydrogen-bond acceptors (Lipinski definition) is 6. The molecule has 2 N–H and O–H groups in total. The number of pyridine rings is 2. The highest BCUT2D eigenvalue weighted by atomic mass is 19.1. The third-order valence-corrected chi connectivity index (χ3v) is 5.45. The molecule has 0 bridgehead atoms. The highest BCUT2D eigenvalue weighted by molar-refractivity contribution is 5.92. The molecule has 0 aromatic carbocycles. The van der Waals surface area contributed by atoms with E-state index in [9.17, 15) is 9.18 Å². The van der Waals surface area contributed by atoms with Gasteiger partial charge in [-0.05, 0) is 30.3 Å². The molecule has 1 fully saturated rings. The minimum Gasteiger partial charge on any atom is -0.352 e. The van der Waals surface area contributed by atoms with Crippen LogP contribution in [0.1, 0.15) is 5.69 Å². The Bertz CT molecular complexity index is 1220. The lowest BCUT2D eigenvalue weighted by atomic mass is 10.2. The van der Waals surface area contributed by atoms with Crippen LogP contribution in [0.5, 0.6) is 0 Å². The van der Waals surface area contributed by atoms with Crippen molar-refractivity contribution in [2.45, 2.75) is 6.54 Å². The number of nitrogens with zero attached hydrogens (tertiary/aromatic N) is 6. The van der Waals surface area contributed by atoms with Crippen molar-refractivity contribution in [2.75, 3.05) is 31.1 Å². The number of halogens is 1. The SMILES string of the molecule is O=C(NCc1ccc(F)cn1)N1CCN(c2ncnc3[nH]c(-c4cccnc4)cc23)CC1. The Kier molecular flexibility index (Phi) is 5.32. The van der Waals surface area contributed by atoms with E-state index in [1.165, 1.54) is 6.07 Å². The quantitative estimate of drug-likeness (QED) is 0.514.